The molecule has 0 aliphatic carbocycles. The van der Waals surface area contributed by atoms with Crippen molar-refractivity contribution in [1.82, 2.24) is 4.90 Å². The van der Waals surface area contributed by atoms with Crippen molar-refractivity contribution >= 4 is 19.8 Å². The number of esters is 2. The smallest absolute Gasteiger partial charge is 0.462 e. The summed E-state index contributed by atoms with van der Waals surface area (Å²) in [5.41, 5.74) is 0. The van der Waals surface area contributed by atoms with Crippen LogP contribution in [0.15, 0.2) is 24.3 Å². The Hall–Kier alpha value is -1.51. The highest BCUT2D eigenvalue weighted by molar-refractivity contribution is 7.47. The van der Waals surface area contributed by atoms with Crippen LogP contribution in [0, 0.1) is 0 Å². The molecule has 0 aromatic rings. The molecule has 2 atom stereocenters. The molecule has 0 saturated heterocycles. The van der Waals surface area contributed by atoms with Crippen molar-refractivity contribution in [2.75, 3.05) is 40.5 Å². The number of nitrogens with zero attached hydrogens (tertiary/aromatic N) is 1. The molecule has 0 fully saturated rings. The van der Waals surface area contributed by atoms with Crippen molar-refractivity contribution in [2.45, 2.75) is 187 Å². The van der Waals surface area contributed by atoms with E-state index in [-0.39, 0.29) is 32.0 Å². The number of unbranched alkanes of at least 4 members (excludes halogenated alkanes) is 20. The number of allylic oxidation sites excluding steroid dienone is 4. The first-order valence-corrected chi connectivity index (χ1v) is 22.1. The standard InChI is InChI=1S/C41H78NO8P/c1-5-7-9-11-13-15-17-18-19-20-21-22-24-26-28-30-32-34-41(44)50-39(38-49-51(45,46)48-36-35-42(3)4)37-47-40(43)33-31-29-27-25-23-16-14-12-10-8-6-2/h12,14,18-19,39H,5-11,13,15-17,20-38H2,1-4H3,(H,45,46)/b14-12-,19-18-. The van der Waals surface area contributed by atoms with Crippen LogP contribution in [0.2, 0.25) is 0 Å². The van der Waals surface area contributed by atoms with Gasteiger partial charge >= 0.3 is 19.8 Å². The Morgan fingerprint density at radius 3 is 1.51 bits per heavy atom. The summed E-state index contributed by atoms with van der Waals surface area (Å²) in [5, 5.41) is 0. The third-order valence-electron chi connectivity index (χ3n) is 8.73. The Morgan fingerprint density at radius 1 is 0.588 bits per heavy atom. The summed E-state index contributed by atoms with van der Waals surface area (Å²) < 4.78 is 33.4. The highest BCUT2D eigenvalue weighted by Crippen LogP contribution is 2.43. The molecule has 300 valence electrons. The number of hydrogen-bond acceptors (Lipinski definition) is 8. The van der Waals surface area contributed by atoms with E-state index in [4.69, 9.17) is 18.5 Å². The van der Waals surface area contributed by atoms with Gasteiger partial charge < -0.3 is 19.3 Å². The summed E-state index contributed by atoms with van der Waals surface area (Å²) >= 11 is 0. The van der Waals surface area contributed by atoms with E-state index >= 15 is 0 Å². The van der Waals surface area contributed by atoms with Crippen LogP contribution in [0.5, 0.6) is 0 Å². The zero-order chi connectivity index (χ0) is 37.7. The average molecular weight is 744 g/mol. The van der Waals surface area contributed by atoms with E-state index in [1.165, 1.54) is 77.0 Å². The number of hydrogen-bond donors (Lipinski definition) is 1. The van der Waals surface area contributed by atoms with Crippen molar-refractivity contribution in [1.29, 1.82) is 0 Å². The van der Waals surface area contributed by atoms with Gasteiger partial charge in [0.15, 0.2) is 6.10 Å². The molecule has 0 spiro atoms. The lowest BCUT2D eigenvalue weighted by molar-refractivity contribution is -0.161. The van der Waals surface area contributed by atoms with E-state index in [0.717, 1.165) is 70.6 Å². The maximum Gasteiger partial charge on any atom is 0.472 e. The minimum atomic E-state index is -4.36. The summed E-state index contributed by atoms with van der Waals surface area (Å²) in [6.45, 7) is 4.26. The quantitative estimate of drug-likeness (QED) is 0.0286. The molecule has 10 heteroatoms. The van der Waals surface area contributed by atoms with Gasteiger partial charge in [0.1, 0.15) is 6.61 Å². The second-order valence-corrected chi connectivity index (χ2v) is 15.6. The van der Waals surface area contributed by atoms with Gasteiger partial charge in [-0.15, -0.1) is 0 Å². The number of ether oxygens (including phenoxy) is 2. The van der Waals surface area contributed by atoms with E-state index in [9.17, 15) is 19.0 Å². The lowest BCUT2D eigenvalue weighted by Crippen LogP contribution is -2.29. The predicted molar refractivity (Wildman–Crippen MR) is 211 cm³/mol. The van der Waals surface area contributed by atoms with Gasteiger partial charge in [0, 0.05) is 19.4 Å². The lowest BCUT2D eigenvalue weighted by Gasteiger charge is -2.20. The van der Waals surface area contributed by atoms with Crippen LogP contribution in [-0.4, -0.2) is 68.3 Å². The molecule has 0 amide bonds. The van der Waals surface area contributed by atoms with Crippen molar-refractivity contribution in [3.05, 3.63) is 24.3 Å². The lowest BCUT2D eigenvalue weighted by atomic mass is 10.1. The molecule has 0 rings (SSSR count). The van der Waals surface area contributed by atoms with E-state index in [0.29, 0.717) is 13.0 Å². The Balaban J connectivity index is 4.31. The third kappa shape index (κ3) is 38.0. The number of carbonyl (C=O) groups is 2. The molecule has 0 radical (unpaired) electrons. The number of phosphoric ester groups is 1. The Morgan fingerprint density at radius 2 is 1.02 bits per heavy atom. The summed E-state index contributed by atoms with van der Waals surface area (Å²) in [4.78, 5) is 36.9. The van der Waals surface area contributed by atoms with Gasteiger partial charge in [-0.25, -0.2) is 4.57 Å². The van der Waals surface area contributed by atoms with E-state index in [1.807, 2.05) is 19.0 Å². The van der Waals surface area contributed by atoms with Gasteiger partial charge in [-0.05, 0) is 71.9 Å². The molecule has 0 aliphatic heterocycles. The molecule has 2 unspecified atom stereocenters. The molecule has 0 aromatic heterocycles. The Kier molecular flexibility index (Phi) is 35.7. The van der Waals surface area contributed by atoms with Crippen LogP contribution >= 0.6 is 7.82 Å². The van der Waals surface area contributed by atoms with Gasteiger partial charge in [0.2, 0.25) is 0 Å². The SMILES string of the molecule is CCCC/C=C\CCCCCCCC(=O)OCC(COP(=O)(O)OCCN(C)C)OC(=O)CCCCCCCCC/C=C\CCCCCCCC. The summed E-state index contributed by atoms with van der Waals surface area (Å²) in [5.74, 6) is -0.817. The molecular formula is C41H78NO8P. The zero-order valence-corrected chi connectivity index (χ0v) is 34.2. The first-order chi connectivity index (χ1) is 24.7. The first-order valence-electron chi connectivity index (χ1n) is 20.6. The van der Waals surface area contributed by atoms with Gasteiger partial charge in [-0.2, -0.15) is 0 Å². The zero-order valence-electron chi connectivity index (χ0n) is 33.3. The number of rotatable bonds is 38. The molecule has 0 aromatic carbocycles. The molecule has 51 heavy (non-hydrogen) atoms. The molecule has 0 heterocycles. The highest BCUT2D eigenvalue weighted by Gasteiger charge is 2.26. The van der Waals surface area contributed by atoms with Crippen LogP contribution < -0.4 is 0 Å². The van der Waals surface area contributed by atoms with Crippen molar-refractivity contribution < 1.29 is 37.6 Å². The summed E-state index contributed by atoms with van der Waals surface area (Å²) in [6, 6.07) is 0. The van der Waals surface area contributed by atoms with Crippen molar-refractivity contribution in [2.24, 2.45) is 0 Å². The fourth-order valence-corrected chi connectivity index (χ4v) is 6.23. The largest absolute Gasteiger partial charge is 0.472 e. The second-order valence-electron chi connectivity index (χ2n) is 14.2. The van der Waals surface area contributed by atoms with E-state index in [1.54, 1.807) is 0 Å². The fourth-order valence-electron chi connectivity index (χ4n) is 5.49. The topological polar surface area (TPSA) is 112 Å². The van der Waals surface area contributed by atoms with E-state index < -0.39 is 26.5 Å². The Labute approximate surface area is 313 Å². The van der Waals surface area contributed by atoms with Crippen LogP contribution in [0.3, 0.4) is 0 Å². The second kappa shape index (κ2) is 36.8. The number of phosphoric acid groups is 1. The minimum absolute atomic E-state index is 0.00618. The molecule has 9 nitrogen and oxygen atoms in total. The average Bonchev–Trinajstić information content (AvgIpc) is 3.09. The molecule has 0 saturated carbocycles. The van der Waals surface area contributed by atoms with Gasteiger partial charge in [-0.3, -0.25) is 18.6 Å². The summed E-state index contributed by atoms with van der Waals surface area (Å²) in [7, 11) is -0.713. The van der Waals surface area contributed by atoms with Gasteiger partial charge in [-0.1, -0.05) is 134 Å². The van der Waals surface area contributed by atoms with Gasteiger partial charge in [0.05, 0.1) is 13.2 Å². The third-order valence-corrected chi connectivity index (χ3v) is 9.71. The number of carbonyl (C=O) groups excluding carboxylic acids is 2. The van der Waals surface area contributed by atoms with Crippen molar-refractivity contribution in [3.8, 4) is 0 Å². The maximum atomic E-state index is 12.6. The molecule has 0 aliphatic rings. The van der Waals surface area contributed by atoms with Crippen LogP contribution in [0.1, 0.15) is 181 Å². The monoisotopic (exact) mass is 744 g/mol. The number of likely N-dealkylation sites (N-methyl/N-ethyl adjacent to an activating group) is 1. The van der Waals surface area contributed by atoms with E-state index in [2.05, 4.69) is 38.2 Å². The van der Waals surface area contributed by atoms with Gasteiger partial charge in [0.25, 0.3) is 0 Å². The molecule has 0 bridgehead atoms. The normalized spacial score (nSPS) is 13.7. The fraction of sp³-hybridized carbons (Fsp3) is 0.854. The highest BCUT2D eigenvalue weighted by atomic mass is 31.2. The molecule has 1 N–H and O–H groups in total. The minimum Gasteiger partial charge on any atom is -0.462 e. The van der Waals surface area contributed by atoms with Crippen LogP contribution in [0.4, 0.5) is 0 Å². The molecular weight excluding hydrogens is 665 g/mol. The van der Waals surface area contributed by atoms with Crippen LogP contribution in [-0.2, 0) is 32.7 Å². The maximum absolute atomic E-state index is 12.6. The van der Waals surface area contributed by atoms with Crippen molar-refractivity contribution in [3.63, 3.8) is 0 Å². The first kappa shape index (κ1) is 49.5. The Bertz CT molecular complexity index is 910. The summed E-state index contributed by atoms with van der Waals surface area (Å²) in [6.07, 6.45) is 36.5. The van der Waals surface area contributed by atoms with Crippen LogP contribution in [0.25, 0.3) is 0 Å². The predicted octanol–water partition coefficient (Wildman–Crippen LogP) is 11.4.